The van der Waals surface area contributed by atoms with Gasteiger partial charge in [0.05, 0.1) is 12.2 Å². The summed E-state index contributed by atoms with van der Waals surface area (Å²) in [5.74, 6) is -0.729. The average molecular weight is 416 g/mol. The molecule has 4 aromatic rings. The zero-order valence-electron chi connectivity index (χ0n) is 15.3. The van der Waals surface area contributed by atoms with Crippen LogP contribution in [0, 0.1) is 0 Å². The Morgan fingerprint density at radius 2 is 1.97 bits per heavy atom. The first-order chi connectivity index (χ1) is 14.3. The maximum Gasteiger partial charge on any atom is 0.416 e. The van der Waals surface area contributed by atoms with Gasteiger partial charge >= 0.3 is 6.18 Å². The third-order valence-electron chi connectivity index (χ3n) is 4.45. The van der Waals surface area contributed by atoms with Gasteiger partial charge in [-0.1, -0.05) is 35.5 Å². The van der Waals surface area contributed by atoms with E-state index in [-0.39, 0.29) is 23.0 Å². The first-order valence-corrected chi connectivity index (χ1v) is 8.86. The summed E-state index contributed by atoms with van der Waals surface area (Å²) in [7, 11) is 0. The standard InChI is InChI=1S/C20H15F3N4O3/c21-20(22,23)13-6-3-5-12(8-13)17-26-19(30-27-17)16(10-28)25-18(29)15-9-11-4-1-2-7-14(11)24-15/h1-9,16,24,28H,10H2,(H,25,29)/t16-/m0/s1. The largest absolute Gasteiger partial charge is 0.416 e. The van der Waals surface area contributed by atoms with Gasteiger partial charge in [0, 0.05) is 16.5 Å². The molecule has 0 unspecified atom stereocenters. The molecule has 1 atom stereocenters. The van der Waals surface area contributed by atoms with Crippen LogP contribution in [0.4, 0.5) is 13.2 Å². The predicted octanol–water partition coefficient (Wildman–Crippen LogP) is 3.70. The van der Waals surface area contributed by atoms with Crippen molar-refractivity contribution in [2.75, 3.05) is 6.61 Å². The van der Waals surface area contributed by atoms with Crippen LogP contribution in [0.3, 0.4) is 0 Å². The summed E-state index contributed by atoms with van der Waals surface area (Å²) in [4.78, 5) is 19.5. The fraction of sp³-hybridized carbons (Fsp3) is 0.150. The van der Waals surface area contributed by atoms with Gasteiger partial charge in [-0.25, -0.2) is 0 Å². The number of aromatic nitrogens is 3. The minimum absolute atomic E-state index is 0.0885. The zero-order valence-corrected chi connectivity index (χ0v) is 15.3. The number of aliphatic hydroxyl groups is 1. The zero-order chi connectivity index (χ0) is 21.3. The van der Waals surface area contributed by atoms with Crippen LogP contribution in [0.2, 0.25) is 0 Å². The van der Waals surface area contributed by atoms with Crippen molar-refractivity contribution in [3.05, 3.63) is 71.7 Å². The first-order valence-electron chi connectivity index (χ1n) is 8.86. The molecule has 7 nitrogen and oxygen atoms in total. The summed E-state index contributed by atoms with van der Waals surface area (Å²) in [5.41, 5.74) is 0.288. The molecule has 0 spiro atoms. The Balaban J connectivity index is 1.54. The van der Waals surface area contributed by atoms with Crippen LogP contribution >= 0.6 is 0 Å². The van der Waals surface area contributed by atoms with Crippen LogP contribution in [0.1, 0.15) is 28.0 Å². The molecule has 1 amide bonds. The van der Waals surface area contributed by atoms with Crippen molar-refractivity contribution < 1.29 is 27.6 Å². The Bertz CT molecular complexity index is 1170. The van der Waals surface area contributed by atoms with E-state index in [1.165, 1.54) is 12.1 Å². The van der Waals surface area contributed by atoms with Crippen LogP contribution in [0.15, 0.2) is 59.1 Å². The van der Waals surface area contributed by atoms with E-state index >= 15 is 0 Å². The van der Waals surface area contributed by atoms with Gasteiger partial charge < -0.3 is 19.9 Å². The molecule has 154 valence electrons. The number of amides is 1. The summed E-state index contributed by atoms with van der Waals surface area (Å²) >= 11 is 0. The Labute approximate surface area is 167 Å². The van der Waals surface area contributed by atoms with Gasteiger partial charge in [0.2, 0.25) is 5.82 Å². The fourth-order valence-corrected chi connectivity index (χ4v) is 2.95. The number of fused-ring (bicyclic) bond motifs is 1. The van der Waals surface area contributed by atoms with E-state index < -0.39 is 30.3 Å². The number of aromatic amines is 1. The van der Waals surface area contributed by atoms with E-state index in [2.05, 4.69) is 20.4 Å². The second-order valence-corrected chi connectivity index (χ2v) is 6.51. The molecule has 10 heteroatoms. The summed E-state index contributed by atoms with van der Waals surface area (Å²) in [6.45, 7) is -0.545. The van der Waals surface area contributed by atoms with Gasteiger partial charge in [-0.3, -0.25) is 4.79 Å². The summed E-state index contributed by atoms with van der Waals surface area (Å²) in [6, 6.07) is 12.4. The van der Waals surface area contributed by atoms with Gasteiger partial charge in [-0.2, -0.15) is 18.2 Å². The molecule has 2 heterocycles. The number of carbonyl (C=O) groups is 1. The highest BCUT2D eigenvalue weighted by Gasteiger charge is 2.31. The van der Waals surface area contributed by atoms with Crippen molar-refractivity contribution in [3.63, 3.8) is 0 Å². The Morgan fingerprint density at radius 3 is 2.70 bits per heavy atom. The van der Waals surface area contributed by atoms with Gasteiger partial charge in [-0.05, 0) is 24.3 Å². The minimum atomic E-state index is -4.51. The van der Waals surface area contributed by atoms with Crippen LogP contribution in [-0.2, 0) is 6.18 Å². The van der Waals surface area contributed by atoms with Crippen molar-refractivity contribution in [3.8, 4) is 11.4 Å². The van der Waals surface area contributed by atoms with E-state index in [9.17, 15) is 23.1 Å². The van der Waals surface area contributed by atoms with E-state index in [0.29, 0.717) is 0 Å². The monoisotopic (exact) mass is 416 g/mol. The number of hydrogen-bond acceptors (Lipinski definition) is 5. The number of para-hydroxylation sites is 1. The molecule has 0 bridgehead atoms. The Kier molecular flexibility index (Phi) is 5.00. The van der Waals surface area contributed by atoms with E-state index in [1.54, 1.807) is 6.07 Å². The first kappa shape index (κ1) is 19.6. The third-order valence-corrected chi connectivity index (χ3v) is 4.45. The van der Waals surface area contributed by atoms with Crippen molar-refractivity contribution in [1.29, 1.82) is 0 Å². The van der Waals surface area contributed by atoms with Crippen LogP contribution in [-0.4, -0.2) is 32.7 Å². The van der Waals surface area contributed by atoms with E-state index in [4.69, 9.17) is 4.52 Å². The second kappa shape index (κ2) is 7.64. The number of rotatable bonds is 5. The lowest BCUT2D eigenvalue weighted by atomic mass is 10.1. The van der Waals surface area contributed by atoms with Gasteiger partial charge in [-0.15, -0.1) is 0 Å². The lowest BCUT2D eigenvalue weighted by Gasteiger charge is -2.11. The average Bonchev–Trinajstić information content (AvgIpc) is 3.38. The third kappa shape index (κ3) is 3.90. The summed E-state index contributed by atoms with van der Waals surface area (Å²) < 4.78 is 43.8. The van der Waals surface area contributed by atoms with Crippen molar-refractivity contribution in [2.24, 2.45) is 0 Å². The number of carbonyl (C=O) groups excluding carboxylic acids is 1. The number of halogens is 3. The Hall–Kier alpha value is -3.66. The lowest BCUT2D eigenvalue weighted by Crippen LogP contribution is -2.31. The molecule has 2 aromatic carbocycles. The number of nitrogens with zero attached hydrogens (tertiary/aromatic N) is 2. The molecule has 2 aromatic heterocycles. The van der Waals surface area contributed by atoms with Crippen molar-refractivity contribution in [2.45, 2.75) is 12.2 Å². The fourth-order valence-electron chi connectivity index (χ4n) is 2.95. The van der Waals surface area contributed by atoms with E-state index in [1.807, 2.05) is 24.3 Å². The predicted molar refractivity (Wildman–Crippen MR) is 100 cm³/mol. The molecular weight excluding hydrogens is 401 g/mol. The molecule has 4 rings (SSSR count). The highest BCUT2D eigenvalue weighted by atomic mass is 19.4. The van der Waals surface area contributed by atoms with Crippen LogP contribution in [0.5, 0.6) is 0 Å². The molecule has 30 heavy (non-hydrogen) atoms. The summed E-state index contributed by atoms with van der Waals surface area (Å²) in [6.07, 6.45) is -4.51. The van der Waals surface area contributed by atoms with Crippen LogP contribution < -0.4 is 5.32 Å². The van der Waals surface area contributed by atoms with E-state index in [0.717, 1.165) is 23.0 Å². The van der Waals surface area contributed by atoms with Crippen LogP contribution in [0.25, 0.3) is 22.3 Å². The second-order valence-electron chi connectivity index (χ2n) is 6.51. The molecule has 0 aliphatic rings. The maximum atomic E-state index is 12.9. The van der Waals surface area contributed by atoms with Crippen molar-refractivity contribution >= 4 is 16.8 Å². The van der Waals surface area contributed by atoms with Gasteiger partial charge in [0.25, 0.3) is 11.8 Å². The van der Waals surface area contributed by atoms with Crippen molar-refractivity contribution in [1.82, 2.24) is 20.4 Å². The number of alkyl halides is 3. The molecule has 0 radical (unpaired) electrons. The number of aliphatic hydroxyl groups excluding tert-OH is 1. The molecule has 0 aliphatic heterocycles. The normalized spacial score (nSPS) is 12.8. The number of hydrogen-bond donors (Lipinski definition) is 3. The topological polar surface area (TPSA) is 104 Å². The molecular formula is C20H15F3N4O3. The highest BCUT2D eigenvalue weighted by Crippen LogP contribution is 2.31. The molecule has 0 fully saturated rings. The quantitative estimate of drug-likeness (QED) is 0.460. The summed E-state index contributed by atoms with van der Waals surface area (Å²) in [5, 5.41) is 16.7. The molecule has 3 N–H and O–H groups in total. The lowest BCUT2D eigenvalue weighted by molar-refractivity contribution is -0.137. The molecule has 0 aliphatic carbocycles. The smallest absolute Gasteiger partial charge is 0.394 e. The number of benzene rings is 2. The van der Waals surface area contributed by atoms with Gasteiger partial charge in [0.15, 0.2) is 0 Å². The molecule has 0 saturated carbocycles. The molecule has 0 saturated heterocycles. The Morgan fingerprint density at radius 1 is 1.17 bits per heavy atom. The number of H-pyrrole nitrogens is 1. The van der Waals surface area contributed by atoms with Gasteiger partial charge in [0.1, 0.15) is 11.7 Å². The highest BCUT2D eigenvalue weighted by molar-refractivity contribution is 5.98. The number of nitrogens with one attached hydrogen (secondary N) is 2. The maximum absolute atomic E-state index is 12.9. The minimum Gasteiger partial charge on any atom is -0.394 e. The SMILES string of the molecule is O=C(N[C@@H](CO)c1nc(-c2cccc(C(F)(F)F)c2)no1)c1cc2ccccc2[nH]1.